The first-order chi connectivity index (χ1) is 10.7. The number of aliphatic hydroxyl groups excluding tert-OH is 1. The molecule has 9 heteroatoms. The number of carbonyl (C=O) groups excluding carboxylic acids is 1. The maximum atomic E-state index is 12.6. The molecule has 0 saturated heterocycles. The molecule has 1 aromatic rings. The zero-order chi connectivity index (χ0) is 17.2. The first kappa shape index (κ1) is 16.9. The molecule has 0 aliphatic heterocycles. The topological polar surface area (TPSA) is 92.5 Å². The highest BCUT2D eigenvalue weighted by atomic mass is 19.4. The summed E-state index contributed by atoms with van der Waals surface area (Å²) in [6.07, 6.45) is -0.972. The molecule has 2 N–H and O–H groups in total. The van der Waals surface area contributed by atoms with Crippen LogP contribution in [0.25, 0.3) is 0 Å². The van der Waals surface area contributed by atoms with Crippen LogP contribution in [0.3, 0.4) is 0 Å². The van der Waals surface area contributed by atoms with E-state index >= 15 is 0 Å². The molecule has 1 aliphatic rings. The quantitative estimate of drug-likeness (QED) is 0.503. The Hall–Kier alpha value is -2.42. The lowest BCUT2D eigenvalue weighted by atomic mass is 10.1. The third-order valence-electron chi connectivity index (χ3n) is 3.49. The monoisotopic (exact) mass is 330 g/mol. The number of alkyl halides is 3. The van der Waals surface area contributed by atoms with Gasteiger partial charge in [0.25, 0.3) is 11.6 Å². The second-order valence-electron chi connectivity index (χ2n) is 5.13. The van der Waals surface area contributed by atoms with E-state index in [0.29, 0.717) is 18.6 Å². The van der Waals surface area contributed by atoms with E-state index in [1.54, 1.807) is 12.2 Å². The number of hydrogen-bond acceptors (Lipinski definition) is 4. The maximum absolute atomic E-state index is 12.6. The number of nitrogens with zero attached hydrogens (tertiary/aromatic N) is 1. The maximum Gasteiger partial charge on any atom is 0.416 e. The van der Waals surface area contributed by atoms with Gasteiger partial charge in [-0.15, -0.1) is 0 Å². The summed E-state index contributed by atoms with van der Waals surface area (Å²) in [7, 11) is 0. The molecule has 2 atom stereocenters. The van der Waals surface area contributed by atoms with Gasteiger partial charge < -0.3 is 10.4 Å². The number of aliphatic hydroxyl groups is 1. The average molecular weight is 330 g/mol. The van der Waals surface area contributed by atoms with Crippen LogP contribution < -0.4 is 5.32 Å². The number of nitro groups is 1. The molecule has 124 valence electrons. The summed E-state index contributed by atoms with van der Waals surface area (Å²) < 4.78 is 37.9. The summed E-state index contributed by atoms with van der Waals surface area (Å²) in [6.45, 7) is -0.0940. The molecule has 0 radical (unpaired) electrons. The molecule has 23 heavy (non-hydrogen) atoms. The van der Waals surface area contributed by atoms with Crippen LogP contribution >= 0.6 is 0 Å². The number of amides is 1. The Balaban J connectivity index is 2.23. The normalized spacial score (nSPS) is 20.5. The van der Waals surface area contributed by atoms with E-state index in [1.807, 2.05) is 0 Å². The van der Waals surface area contributed by atoms with Crippen molar-refractivity contribution >= 4 is 11.6 Å². The van der Waals surface area contributed by atoms with Gasteiger partial charge in [-0.05, 0) is 18.6 Å². The van der Waals surface area contributed by atoms with E-state index in [2.05, 4.69) is 5.32 Å². The van der Waals surface area contributed by atoms with Gasteiger partial charge >= 0.3 is 6.18 Å². The van der Waals surface area contributed by atoms with Gasteiger partial charge in [-0.2, -0.15) is 13.2 Å². The van der Waals surface area contributed by atoms with Crippen molar-refractivity contribution < 1.29 is 28.0 Å². The van der Waals surface area contributed by atoms with Crippen molar-refractivity contribution in [2.75, 3.05) is 6.61 Å². The van der Waals surface area contributed by atoms with E-state index < -0.39 is 39.9 Å². The Morgan fingerprint density at radius 3 is 2.61 bits per heavy atom. The highest BCUT2D eigenvalue weighted by Crippen LogP contribution is 2.33. The van der Waals surface area contributed by atoms with Crippen LogP contribution in [0, 0.1) is 16.0 Å². The van der Waals surface area contributed by atoms with Crippen molar-refractivity contribution in [1.29, 1.82) is 0 Å². The Morgan fingerprint density at radius 2 is 2.09 bits per heavy atom. The third-order valence-corrected chi connectivity index (χ3v) is 3.49. The molecule has 2 rings (SSSR count). The van der Waals surface area contributed by atoms with Crippen LogP contribution in [-0.4, -0.2) is 28.6 Å². The summed E-state index contributed by atoms with van der Waals surface area (Å²) in [5.41, 5.74) is -2.54. The molecule has 1 aliphatic carbocycles. The van der Waals surface area contributed by atoms with Crippen LogP contribution in [0.4, 0.5) is 18.9 Å². The molecule has 0 unspecified atom stereocenters. The van der Waals surface area contributed by atoms with Gasteiger partial charge in [-0.3, -0.25) is 14.9 Å². The standard InChI is InChI=1S/C14H13F3N2O4/c15-14(16,17)9-2-4-11(12(6-9)19(22)23)13(21)18-10-3-1-8(5-10)7-20/h1-4,6,8,10,20H,5,7H2,(H,18,21)/t8-,10+/m0/s1. The molecular weight excluding hydrogens is 317 g/mol. The summed E-state index contributed by atoms with van der Waals surface area (Å²) in [6, 6.07) is 1.33. The predicted octanol–water partition coefficient (Wildman–Crippen LogP) is 2.28. The fourth-order valence-corrected chi connectivity index (χ4v) is 2.31. The van der Waals surface area contributed by atoms with Gasteiger partial charge in [0.15, 0.2) is 0 Å². The van der Waals surface area contributed by atoms with Crippen molar-refractivity contribution in [2.45, 2.75) is 18.6 Å². The number of hydrogen-bond donors (Lipinski definition) is 2. The lowest BCUT2D eigenvalue weighted by molar-refractivity contribution is -0.385. The average Bonchev–Trinajstić information content (AvgIpc) is 2.93. The minimum atomic E-state index is -4.73. The molecule has 6 nitrogen and oxygen atoms in total. The second-order valence-corrected chi connectivity index (χ2v) is 5.13. The molecule has 1 amide bonds. The highest BCUT2D eigenvalue weighted by molar-refractivity contribution is 5.98. The predicted molar refractivity (Wildman–Crippen MR) is 73.7 cm³/mol. The summed E-state index contributed by atoms with van der Waals surface area (Å²) >= 11 is 0. The summed E-state index contributed by atoms with van der Waals surface area (Å²) in [5.74, 6) is -0.957. The zero-order valence-electron chi connectivity index (χ0n) is 11.7. The van der Waals surface area contributed by atoms with Crippen LogP contribution in [0.1, 0.15) is 22.3 Å². The van der Waals surface area contributed by atoms with Gasteiger partial charge in [0.05, 0.1) is 10.5 Å². The first-order valence-corrected chi connectivity index (χ1v) is 6.68. The Morgan fingerprint density at radius 1 is 1.39 bits per heavy atom. The van der Waals surface area contributed by atoms with Crippen LogP contribution in [-0.2, 0) is 6.18 Å². The van der Waals surface area contributed by atoms with E-state index in [-0.39, 0.29) is 12.5 Å². The van der Waals surface area contributed by atoms with Gasteiger partial charge in [-0.1, -0.05) is 12.2 Å². The number of rotatable bonds is 4. The molecule has 0 saturated carbocycles. The number of nitrogens with one attached hydrogen (secondary N) is 1. The molecule has 0 spiro atoms. The van der Waals surface area contributed by atoms with Crippen LogP contribution in [0.15, 0.2) is 30.4 Å². The Bertz CT molecular complexity index is 658. The SMILES string of the molecule is O=C(N[C@@H]1C=C[C@H](CO)C1)c1ccc(C(F)(F)F)cc1[N+](=O)[O-]. The van der Waals surface area contributed by atoms with Crippen molar-refractivity contribution in [3.05, 3.63) is 51.6 Å². The van der Waals surface area contributed by atoms with E-state index in [0.717, 1.165) is 6.07 Å². The van der Waals surface area contributed by atoms with E-state index in [9.17, 15) is 28.1 Å². The van der Waals surface area contributed by atoms with Crippen molar-refractivity contribution in [2.24, 2.45) is 5.92 Å². The second kappa shape index (κ2) is 6.37. The summed E-state index contributed by atoms with van der Waals surface area (Å²) in [4.78, 5) is 22.0. The largest absolute Gasteiger partial charge is 0.416 e. The van der Waals surface area contributed by atoms with Crippen molar-refractivity contribution in [1.82, 2.24) is 5.32 Å². The molecule has 0 aromatic heterocycles. The van der Waals surface area contributed by atoms with Gasteiger partial charge in [-0.25, -0.2) is 0 Å². The van der Waals surface area contributed by atoms with Crippen LogP contribution in [0.5, 0.6) is 0 Å². The summed E-state index contributed by atoms with van der Waals surface area (Å²) in [5, 5.41) is 22.4. The van der Waals surface area contributed by atoms with Gasteiger partial charge in [0, 0.05) is 24.6 Å². The minimum Gasteiger partial charge on any atom is -0.396 e. The van der Waals surface area contributed by atoms with E-state index in [4.69, 9.17) is 5.11 Å². The number of carbonyl (C=O) groups is 1. The zero-order valence-corrected chi connectivity index (χ0v) is 11.7. The molecule has 0 heterocycles. The lowest BCUT2D eigenvalue weighted by Gasteiger charge is -2.13. The van der Waals surface area contributed by atoms with Gasteiger partial charge in [0.1, 0.15) is 5.56 Å². The number of benzene rings is 1. The van der Waals surface area contributed by atoms with Crippen LogP contribution in [0.2, 0.25) is 0 Å². The molecule has 1 aromatic carbocycles. The Kier molecular flexibility index (Phi) is 4.69. The lowest BCUT2D eigenvalue weighted by Crippen LogP contribution is -2.33. The van der Waals surface area contributed by atoms with Crippen molar-refractivity contribution in [3.63, 3.8) is 0 Å². The Labute approximate surface area is 128 Å². The molecule has 0 fully saturated rings. The van der Waals surface area contributed by atoms with Crippen molar-refractivity contribution in [3.8, 4) is 0 Å². The van der Waals surface area contributed by atoms with E-state index in [1.165, 1.54) is 0 Å². The fourth-order valence-electron chi connectivity index (χ4n) is 2.31. The number of halogens is 3. The molecular formula is C14H13F3N2O4. The number of nitro benzene ring substituents is 1. The minimum absolute atomic E-state index is 0.0940. The molecule has 0 bridgehead atoms. The smallest absolute Gasteiger partial charge is 0.396 e. The fraction of sp³-hybridized carbons (Fsp3) is 0.357. The third kappa shape index (κ3) is 3.86. The first-order valence-electron chi connectivity index (χ1n) is 6.68. The van der Waals surface area contributed by atoms with Gasteiger partial charge in [0.2, 0.25) is 0 Å². The highest BCUT2D eigenvalue weighted by Gasteiger charge is 2.34.